The number of rotatable bonds is 3. The van der Waals surface area contributed by atoms with Crippen molar-refractivity contribution in [3.63, 3.8) is 0 Å². The SMILES string of the molecule is COc1ccc([C@H]2CCCCCN2C(=O)Nc2ccccn2)cc1. The molecular weight excluding hydrogens is 302 g/mol. The average Bonchev–Trinajstić information content (AvgIpc) is 2.89. The molecule has 126 valence electrons. The molecule has 2 heterocycles. The van der Waals surface area contributed by atoms with Gasteiger partial charge in [0, 0.05) is 12.7 Å². The Bertz CT molecular complexity index is 658. The summed E-state index contributed by atoms with van der Waals surface area (Å²) in [5.41, 5.74) is 1.15. The Morgan fingerprint density at radius 2 is 2.00 bits per heavy atom. The maximum atomic E-state index is 12.8. The molecule has 1 aliphatic rings. The van der Waals surface area contributed by atoms with Crippen molar-refractivity contribution in [2.75, 3.05) is 19.0 Å². The standard InChI is InChI=1S/C19H23N3O2/c1-24-16-11-9-15(10-12-16)17-7-3-2-6-14-22(17)19(23)21-18-8-4-5-13-20-18/h4-5,8-13,17H,2-3,6-7,14H2,1H3,(H,20,21,23)/t17-/m1/s1. The third-order valence-corrected chi connectivity index (χ3v) is 4.41. The third kappa shape index (κ3) is 3.85. The molecule has 0 spiro atoms. The molecule has 0 unspecified atom stereocenters. The molecule has 0 saturated carbocycles. The number of methoxy groups -OCH3 is 1. The quantitative estimate of drug-likeness (QED) is 0.918. The highest BCUT2D eigenvalue weighted by Crippen LogP contribution is 2.31. The van der Waals surface area contributed by atoms with Crippen molar-refractivity contribution in [2.24, 2.45) is 0 Å². The number of likely N-dealkylation sites (tertiary alicyclic amines) is 1. The van der Waals surface area contributed by atoms with Gasteiger partial charge in [-0.2, -0.15) is 0 Å². The van der Waals surface area contributed by atoms with E-state index in [0.29, 0.717) is 5.82 Å². The largest absolute Gasteiger partial charge is 0.497 e. The van der Waals surface area contributed by atoms with Crippen LogP contribution in [0, 0.1) is 0 Å². The van der Waals surface area contributed by atoms with E-state index in [1.54, 1.807) is 19.4 Å². The second-order valence-electron chi connectivity index (χ2n) is 5.98. The molecule has 1 atom stereocenters. The molecule has 3 rings (SSSR count). The molecule has 0 radical (unpaired) electrons. The van der Waals surface area contributed by atoms with Gasteiger partial charge < -0.3 is 9.64 Å². The zero-order valence-electron chi connectivity index (χ0n) is 13.9. The Kier molecular flexibility index (Phi) is 5.31. The summed E-state index contributed by atoms with van der Waals surface area (Å²) in [7, 11) is 1.66. The van der Waals surface area contributed by atoms with Crippen molar-refractivity contribution in [3.05, 3.63) is 54.2 Å². The molecule has 2 amide bonds. The van der Waals surface area contributed by atoms with Crippen LogP contribution in [0.5, 0.6) is 5.75 Å². The van der Waals surface area contributed by atoms with Crippen LogP contribution in [0.15, 0.2) is 48.7 Å². The number of benzene rings is 1. The topological polar surface area (TPSA) is 54.5 Å². The normalized spacial score (nSPS) is 17.9. The molecule has 1 aromatic heterocycles. The molecule has 1 N–H and O–H groups in total. The van der Waals surface area contributed by atoms with Gasteiger partial charge in [0.15, 0.2) is 0 Å². The molecule has 1 aromatic carbocycles. The summed E-state index contributed by atoms with van der Waals surface area (Å²) >= 11 is 0. The molecule has 5 nitrogen and oxygen atoms in total. The maximum Gasteiger partial charge on any atom is 0.323 e. The fourth-order valence-corrected chi connectivity index (χ4v) is 3.14. The number of nitrogens with zero attached hydrogens (tertiary/aromatic N) is 2. The van der Waals surface area contributed by atoms with Crippen LogP contribution < -0.4 is 10.1 Å². The van der Waals surface area contributed by atoms with Gasteiger partial charge in [-0.1, -0.05) is 31.0 Å². The van der Waals surface area contributed by atoms with E-state index in [1.165, 1.54) is 0 Å². The lowest BCUT2D eigenvalue weighted by Crippen LogP contribution is -2.38. The minimum atomic E-state index is -0.0866. The van der Waals surface area contributed by atoms with E-state index >= 15 is 0 Å². The molecular formula is C19H23N3O2. The van der Waals surface area contributed by atoms with Gasteiger partial charge in [0.1, 0.15) is 11.6 Å². The van der Waals surface area contributed by atoms with Crippen LogP contribution in [0.1, 0.15) is 37.3 Å². The van der Waals surface area contributed by atoms with E-state index in [4.69, 9.17) is 4.74 Å². The Balaban J connectivity index is 1.80. The first-order valence-electron chi connectivity index (χ1n) is 8.40. The monoisotopic (exact) mass is 325 g/mol. The van der Waals surface area contributed by atoms with Gasteiger partial charge in [0.25, 0.3) is 0 Å². The number of urea groups is 1. The smallest absolute Gasteiger partial charge is 0.323 e. The van der Waals surface area contributed by atoms with Gasteiger partial charge in [-0.25, -0.2) is 9.78 Å². The van der Waals surface area contributed by atoms with Crippen LogP contribution in [0.3, 0.4) is 0 Å². The minimum absolute atomic E-state index is 0.0853. The molecule has 0 aliphatic carbocycles. The van der Waals surface area contributed by atoms with Crippen molar-refractivity contribution >= 4 is 11.8 Å². The highest BCUT2D eigenvalue weighted by molar-refractivity contribution is 5.88. The lowest BCUT2D eigenvalue weighted by atomic mass is 10.0. The molecule has 24 heavy (non-hydrogen) atoms. The van der Waals surface area contributed by atoms with Crippen LogP contribution in [0.25, 0.3) is 0 Å². The van der Waals surface area contributed by atoms with Crippen LogP contribution in [-0.2, 0) is 0 Å². The van der Waals surface area contributed by atoms with Crippen LogP contribution in [-0.4, -0.2) is 29.6 Å². The van der Waals surface area contributed by atoms with Gasteiger partial charge in [0.05, 0.1) is 13.2 Å². The van der Waals surface area contributed by atoms with E-state index in [0.717, 1.165) is 43.5 Å². The first-order valence-corrected chi connectivity index (χ1v) is 8.40. The fraction of sp³-hybridized carbons (Fsp3) is 0.368. The third-order valence-electron chi connectivity index (χ3n) is 4.41. The number of hydrogen-bond acceptors (Lipinski definition) is 3. The number of anilines is 1. The highest BCUT2D eigenvalue weighted by atomic mass is 16.5. The highest BCUT2D eigenvalue weighted by Gasteiger charge is 2.27. The zero-order valence-corrected chi connectivity index (χ0v) is 13.9. The first-order chi connectivity index (χ1) is 11.8. The van der Waals surface area contributed by atoms with Crippen LogP contribution in [0.4, 0.5) is 10.6 Å². The fourth-order valence-electron chi connectivity index (χ4n) is 3.14. The van der Waals surface area contributed by atoms with Gasteiger partial charge in [-0.3, -0.25) is 5.32 Å². The molecule has 2 aromatic rings. The predicted molar refractivity (Wildman–Crippen MR) is 94.2 cm³/mol. The predicted octanol–water partition coefficient (Wildman–Crippen LogP) is 4.24. The number of carbonyl (C=O) groups excluding carboxylic acids is 1. The maximum absolute atomic E-state index is 12.8. The number of nitrogens with one attached hydrogen (secondary N) is 1. The van der Waals surface area contributed by atoms with Gasteiger partial charge in [-0.05, 0) is 42.7 Å². The molecule has 1 aliphatic heterocycles. The van der Waals surface area contributed by atoms with Crippen LogP contribution >= 0.6 is 0 Å². The lowest BCUT2D eigenvalue weighted by Gasteiger charge is -2.30. The van der Waals surface area contributed by atoms with Crippen molar-refractivity contribution in [1.29, 1.82) is 0 Å². The summed E-state index contributed by atoms with van der Waals surface area (Å²) in [4.78, 5) is 18.9. The van der Waals surface area contributed by atoms with Gasteiger partial charge in [-0.15, -0.1) is 0 Å². The number of pyridine rings is 1. The first kappa shape index (κ1) is 16.3. The van der Waals surface area contributed by atoms with E-state index < -0.39 is 0 Å². The summed E-state index contributed by atoms with van der Waals surface area (Å²) < 4.78 is 5.23. The Morgan fingerprint density at radius 1 is 1.17 bits per heavy atom. The summed E-state index contributed by atoms with van der Waals surface area (Å²) in [6.07, 6.45) is 5.97. The molecule has 0 bridgehead atoms. The van der Waals surface area contributed by atoms with Gasteiger partial charge in [0.2, 0.25) is 0 Å². The van der Waals surface area contributed by atoms with E-state index in [1.807, 2.05) is 29.2 Å². The minimum Gasteiger partial charge on any atom is -0.497 e. The molecule has 1 saturated heterocycles. The van der Waals surface area contributed by atoms with Crippen LogP contribution in [0.2, 0.25) is 0 Å². The van der Waals surface area contributed by atoms with Crippen molar-refractivity contribution < 1.29 is 9.53 Å². The second-order valence-corrected chi connectivity index (χ2v) is 5.98. The Labute approximate surface area is 142 Å². The second kappa shape index (κ2) is 7.81. The summed E-state index contributed by atoms with van der Waals surface area (Å²) in [5, 5.41) is 2.91. The average molecular weight is 325 g/mol. The number of ether oxygens (including phenoxy) is 1. The molecule has 1 fully saturated rings. The van der Waals surface area contributed by atoms with Gasteiger partial charge >= 0.3 is 6.03 Å². The number of hydrogen-bond donors (Lipinski definition) is 1. The molecule has 5 heteroatoms. The number of amides is 2. The van der Waals surface area contributed by atoms with Crippen molar-refractivity contribution in [2.45, 2.75) is 31.7 Å². The number of aromatic nitrogens is 1. The van der Waals surface area contributed by atoms with Crippen molar-refractivity contribution in [1.82, 2.24) is 9.88 Å². The van der Waals surface area contributed by atoms with E-state index in [-0.39, 0.29) is 12.1 Å². The van der Waals surface area contributed by atoms with E-state index in [2.05, 4.69) is 22.4 Å². The zero-order chi connectivity index (χ0) is 16.8. The lowest BCUT2D eigenvalue weighted by molar-refractivity contribution is 0.189. The van der Waals surface area contributed by atoms with Crippen molar-refractivity contribution in [3.8, 4) is 5.75 Å². The Morgan fingerprint density at radius 3 is 2.71 bits per heavy atom. The summed E-state index contributed by atoms with van der Waals surface area (Å²) in [6, 6.07) is 13.5. The van der Waals surface area contributed by atoms with E-state index in [9.17, 15) is 4.79 Å². The summed E-state index contributed by atoms with van der Waals surface area (Å²) in [6.45, 7) is 0.759. The Hall–Kier alpha value is -2.56. The summed E-state index contributed by atoms with van der Waals surface area (Å²) in [5.74, 6) is 1.41. The number of carbonyl (C=O) groups is 1.